The number of nitrogens with one attached hydrogen (secondary N) is 4. The summed E-state index contributed by atoms with van der Waals surface area (Å²) in [6.07, 6.45) is 5.99. The SMILES string of the molecule is C#C.CCOC=O.NC(=O)C(=O)NCCCCNC(=O)c1ccc(Nc2nc(NC3(c4ccc(Cl)cc4)CC3)nc(OCC(F)(F)F)n2)cc1. The molecule has 18 heteroatoms. The third-order valence-corrected chi connectivity index (χ3v) is 6.77. The van der Waals surface area contributed by atoms with Crippen molar-refractivity contribution in [1.82, 2.24) is 25.6 Å². The second kappa shape index (κ2) is 20.0. The van der Waals surface area contributed by atoms with Crippen molar-refractivity contribution < 1.29 is 41.8 Å². The molecule has 1 heterocycles. The molecule has 1 saturated carbocycles. The second-order valence-electron chi connectivity index (χ2n) is 10.2. The number of ether oxygens (including phenoxy) is 2. The molecule has 2 aromatic carbocycles. The molecule has 268 valence electrons. The van der Waals surface area contributed by atoms with Gasteiger partial charge in [-0.15, -0.1) is 12.8 Å². The van der Waals surface area contributed by atoms with E-state index in [1.54, 1.807) is 43.3 Å². The molecule has 1 fully saturated rings. The fourth-order valence-electron chi connectivity index (χ4n) is 4.02. The number of alkyl halides is 3. The number of carbonyl (C=O) groups is 4. The summed E-state index contributed by atoms with van der Waals surface area (Å²) < 4.78 is 47.4. The molecule has 50 heavy (non-hydrogen) atoms. The lowest BCUT2D eigenvalue weighted by Gasteiger charge is -2.19. The average Bonchev–Trinajstić information content (AvgIpc) is 3.87. The van der Waals surface area contributed by atoms with Gasteiger partial charge < -0.3 is 36.5 Å². The minimum absolute atomic E-state index is 0.0207. The van der Waals surface area contributed by atoms with Gasteiger partial charge in [0.05, 0.1) is 12.1 Å². The Kier molecular flexibility index (Phi) is 16.2. The summed E-state index contributed by atoms with van der Waals surface area (Å²) >= 11 is 6.00. The van der Waals surface area contributed by atoms with Crippen LogP contribution in [0.5, 0.6) is 6.01 Å². The van der Waals surface area contributed by atoms with Crippen molar-refractivity contribution in [3.05, 3.63) is 64.7 Å². The zero-order valence-corrected chi connectivity index (χ0v) is 27.6. The van der Waals surface area contributed by atoms with Gasteiger partial charge in [-0.25, -0.2) is 0 Å². The molecule has 0 aliphatic heterocycles. The Morgan fingerprint density at radius 1 is 0.960 bits per heavy atom. The number of hydrogen-bond donors (Lipinski definition) is 5. The predicted octanol–water partition coefficient (Wildman–Crippen LogP) is 3.85. The first kappa shape index (κ1) is 40.5. The highest BCUT2D eigenvalue weighted by Crippen LogP contribution is 2.48. The Morgan fingerprint density at radius 3 is 2.08 bits per heavy atom. The molecule has 0 bridgehead atoms. The minimum atomic E-state index is -4.59. The fraction of sp³-hybridized carbons (Fsp3) is 0.344. The van der Waals surface area contributed by atoms with Crippen LogP contribution in [0, 0.1) is 12.8 Å². The topological polar surface area (TPSA) is 200 Å². The number of primary amides is 1. The van der Waals surface area contributed by atoms with Gasteiger partial charge in [-0.3, -0.25) is 19.2 Å². The minimum Gasteiger partial charge on any atom is -0.468 e. The number of nitrogens with zero attached hydrogens (tertiary/aromatic N) is 3. The lowest BCUT2D eigenvalue weighted by Crippen LogP contribution is -2.36. The van der Waals surface area contributed by atoms with E-state index >= 15 is 0 Å². The summed E-state index contributed by atoms with van der Waals surface area (Å²) in [5.41, 5.74) is 6.09. The molecule has 6 N–H and O–H groups in total. The van der Waals surface area contributed by atoms with Crippen LogP contribution in [-0.2, 0) is 24.7 Å². The van der Waals surface area contributed by atoms with Crippen LogP contribution in [0.3, 0.4) is 0 Å². The monoisotopic (exact) mass is 720 g/mol. The first-order valence-corrected chi connectivity index (χ1v) is 15.3. The average molecular weight is 721 g/mol. The fourth-order valence-corrected chi connectivity index (χ4v) is 4.14. The number of anilines is 3. The van der Waals surface area contributed by atoms with Crippen LogP contribution in [0.15, 0.2) is 48.5 Å². The molecule has 1 aromatic heterocycles. The normalized spacial score (nSPS) is 12.3. The number of benzene rings is 2. The van der Waals surface area contributed by atoms with Gasteiger partial charge in [0.2, 0.25) is 11.9 Å². The summed E-state index contributed by atoms with van der Waals surface area (Å²) in [6, 6.07) is 12.9. The van der Waals surface area contributed by atoms with Crippen molar-refractivity contribution in [3.8, 4) is 18.9 Å². The summed E-state index contributed by atoms with van der Waals surface area (Å²) in [6.45, 7) is 1.67. The summed E-state index contributed by atoms with van der Waals surface area (Å²) in [5.74, 6) is -2.30. The zero-order valence-electron chi connectivity index (χ0n) is 26.9. The van der Waals surface area contributed by atoms with Gasteiger partial charge in [0, 0.05) is 29.4 Å². The van der Waals surface area contributed by atoms with Crippen LogP contribution in [0.4, 0.5) is 30.8 Å². The molecule has 0 spiro atoms. The van der Waals surface area contributed by atoms with Crippen LogP contribution in [0.2, 0.25) is 5.02 Å². The van der Waals surface area contributed by atoms with Crippen molar-refractivity contribution in [2.75, 3.05) is 36.9 Å². The molecular formula is C32H36ClF3N8O6. The van der Waals surface area contributed by atoms with Gasteiger partial charge in [-0.05, 0) is 74.6 Å². The van der Waals surface area contributed by atoms with E-state index < -0.39 is 36.1 Å². The summed E-state index contributed by atoms with van der Waals surface area (Å²) in [5, 5.41) is 11.8. The van der Waals surface area contributed by atoms with E-state index in [2.05, 4.69) is 53.8 Å². The number of unbranched alkanes of at least 4 members (excludes halogenated alkanes) is 1. The summed E-state index contributed by atoms with van der Waals surface area (Å²) in [4.78, 5) is 55.7. The maximum absolute atomic E-state index is 12.8. The smallest absolute Gasteiger partial charge is 0.422 e. The van der Waals surface area contributed by atoms with E-state index in [0.29, 0.717) is 48.7 Å². The highest BCUT2D eigenvalue weighted by atomic mass is 35.5. The number of hydrogen-bond acceptors (Lipinski definition) is 11. The van der Waals surface area contributed by atoms with Gasteiger partial charge >= 0.3 is 24.0 Å². The van der Waals surface area contributed by atoms with Gasteiger partial charge in [-0.1, -0.05) is 23.7 Å². The van der Waals surface area contributed by atoms with Gasteiger partial charge in [0.15, 0.2) is 6.61 Å². The van der Waals surface area contributed by atoms with Crippen LogP contribution >= 0.6 is 11.6 Å². The quantitative estimate of drug-likeness (QED) is 0.0661. The first-order valence-electron chi connectivity index (χ1n) is 15.0. The highest BCUT2D eigenvalue weighted by molar-refractivity contribution is 6.34. The summed E-state index contributed by atoms with van der Waals surface area (Å²) in [7, 11) is 0. The van der Waals surface area contributed by atoms with Crippen molar-refractivity contribution in [3.63, 3.8) is 0 Å². The predicted molar refractivity (Wildman–Crippen MR) is 178 cm³/mol. The molecule has 14 nitrogen and oxygen atoms in total. The molecule has 0 atom stereocenters. The van der Waals surface area contributed by atoms with E-state index in [4.69, 9.17) is 22.1 Å². The second-order valence-corrected chi connectivity index (χ2v) is 10.7. The van der Waals surface area contributed by atoms with Gasteiger partial charge in [0.1, 0.15) is 0 Å². The molecule has 4 rings (SSSR count). The maximum atomic E-state index is 12.8. The number of carbonyl (C=O) groups excluding carboxylic acids is 4. The van der Waals surface area contributed by atoms with Crippen molar-refractivity contribution in [1.29, 1.82) is 0 Å². The third-order valence-electron chi connectivity index (χ3n) is 6.51. The van der Waals surface area contributed by atoms with Crippen molar-refractivity contribution >= 4 is 53.4 Å². The van der Waals surface area contributed by atoms with Crippen molar-refractivity contribution in [2.24, 2.45) is 5.73 Å². The van der Waals surface area contributed by atoms with Crippen LogP contribution in [-0.4, -0.2) is 71.6 Å². The number of nitrogens with two attached hydrogens (primary N) is 1. The number of halogens is 4. The Morgan fingerprint density at radius 2 is 1.56 bits per heavy atom. The van der Waals surface area contributed by atoms with E-state index in [1.807, 2.05) is 12.1 Å². The van der Waals surface area contributed by atoms with Crippen molar-refractivity contribution in [2.45, 2.75) is 44.3 Å². The zero-order chi connectivity index (χ0) is 37.2. The Bertz CT molecular complexity index is 1590. The van der Waals surface area contributed by atoms with Crippen LogP contribution in [0.1, 0.15) is 48.5 Å². The molecule has 0 radical (unpaired) electrons. The molecule has 3 amide bonds. The maximum Gasteiger partial charge on any atom is 0.422 e. The van der Waals surface area contributed by atoms with Crippen LogP contribution in [0.25, 0.3) is 0 Å². The Hall–Kier alpha value is -5.63. The van der Waals surface area contributed by atoms with E-state index in [9.17, 15) is 32.3 Å². The molecule has 0 saturated heterocycles. The first-order chi connectivity index (χ1) is 23.8. The lowest BCUT2D eigenvalue weighted by molar-refractivity contribution is -0.154. The van der Waals surface area contributed by atoms with E-state index in [-0.39, 0.29) is 24.3 Å². The number of aromatic nitrogens is 3. The highest BCUT2D eigenvalue weighted by Gasteiger charge is 2.45. The van der Waals surface area contributed by atoms with E-state index in [1.165, 1.54) is 0 Å². The molecule has 3 aromatic rings. The molecular weight excluding hydrogens is 685 g/mol. The Labute approximate surface area is 291 Å². The van der Waals surface area contributed by atoms with Gasteiger partial charge in [0.25, 0.3) is 12.4 Å². The van der Waals surface area contributed by atoms with Crippen LogP contribution < -0.4 is 31.7 Å². The number of amides is 3. The largest absolute Gasteiger partial charge is 0.468 e. The van der Waals surface area contributed by atoms with E-state index in [0.717, 1.165) is 18.4 Å². The molecule has 0 unspecified atom stereocenters. The lowest BCUT2D eigenvalue weighted by atomic mass is 10.1. The number of rotatable bonds is 15. The molecule has 1 aliphatic rings. The standard InChI is InChI=1S/C27H28ClF3N8O4.C3H6O2.C2H2/c28-18-7-5-17(6-8-18)26(11-12-26)39-24-36-23(37-25(38-24)43-15-27(29,30)31)35-19-9-3-16(4-10-19)21(41)33-13-1-2-14-34-22(42)20(32)40;1-2-5-3-4;1-2/h3-10H,1-2,11-15H2,(H2,32,40)(H,33,41)(H,34,42)(H2,35,36,37,38,39);3H,2H2,1H3;1-2H. The molecule has 1 aliphatic carbocycles. The Balaban J connectivity index is 0.00000114. The van der Waals surface area contributed by atoms with Gasteiger partial charge in [-0.2, -0.15) is 28.1 Å². The number of terminal acetylenes is 1. The third kappa shape index (κ3) is 14.2.